The fraction of sp³-hybridized carbons (Fsp3) is 0.700. The Morgan fingerprint density at radius 1 is 1.46 bits per heavy atom. The van der Waals surface area contributed by atoms with Gasteiger partial charge in [0.15, 0.2) is 0 Å². The van der Waals surface area contributed by atoms with Crippen LogP contribution in [0.3, 0.4) is 0 Å². The van der Waals surface area contributed by atoms with Crippen molar-refractivity contribution in [3.8, 4) is 0 Å². The molecule has 0 aromatic carbocycles. The lowest BCUT2D eigenvalue weighted by molar-refractivity contribution is 0.296. The van der Waals surface area contributed by atoms with Crippen LogP contribution in [0.25, 0.3) is 0 Å². The summed E-state index contributed by atoms with van der Waals surface area (Å²) in [5.41, 5.74) is 6.98. The quantitative estimate of drug-likeness (QED) is 0.718. The van der Waals surface area contributed by atoms with Gasteiger partial charge in [-0.05, 0) is 19.8 Å². The predicted molar refractivity (Wildman–Crippen MR) is 50.4 cm³/mol. The predicted octanol–water partition coefficient (Wildman–Crippen LogP) is 1.97. The van der Waals surface area contributed by atoms with Gasteiger partial charge in [0.25, 0.3) is 0 Å². The molecule has 1 aliphatic carbocycles. The first-order valence-electron chi connectivity index (χ1n) is 4.96. The highest BCUT2D eigenvalue weighted by molar-refractivity contribution is 5.11. The Balaban J connectivity index is 2.14. The van der Waals surface area contributed by atoms with Gasteiger partial charge >= 0.3 is 0 Å². The van der Waals surface area contributed by atoms with Crippen LogP contribution in [-0.2, 0) is 0 Å². The minimum absolute atomic E-state index is 0.265. The van der Waals surface area contributed by atoms with E-state index in [1.807, 2.05) is 13.0 Å². The summed E-state index contributed by atoms with van der Waals surface area (Å²) in [6, 6.07) is 2.27. The lowest BCUT2D eigenvalue weighted by atomic mass is 9.83. The highest BCUT2D eigenvalue weighted by Gasteiger charge is 2.26. The number of nitrogens with zero attached hydrogens (tertiary/aromatic N) is 1. The smallest absolute Gasteiger partial charge is 0.141 e. The molecule has 0 aliphatic heterocycles. The van der Waals surface area contributed by atoms with Crippen molar-refractivity contribution in [3.05, 3.63) is 17.5 Å². The summed E-state index contributed by atoms with van der Waals surface area (Å²) >= 11 is 0. The molecule has 0 radical (unpaired) electrons. The highest BCUT2D eigenvalue weighted by Crippen LogP contribution is 2.31. The fourth-order valence-corrected chi connectivity index (χ4v) is 2.07. The average molecular weight is 180 g/mol. The van der Waals surface area contributed by atoms with Gasteiger partial charge in [0.05, 0.1) is 5.69 Å². The van der Waals surface area contributed by atoms with Crippen LogP contribution in [-0.4, -0.2) is 11.2 Å². The lowest BCUT2D eigenvalue weighted by Gasteiger charge is -2.26. The lowest BCUT2D eigenvalue weighted by Crippen LogP contribution is -2.31. The van der Waals surface area contributed by atoms with Gasteiger partial charge in [0.1, 0.15) is 5.76 Å². The van der Waals surface area contributed by atoms with Crippen molar-refractivity contribution >= 4 is 0 Å². The van der Waals surface area contributed by atoms with Crippen LogP contribution in [0.5, 0.6) is 0 Å². The molecule has 0 bridgehead atoms. The number of hydrogen-bond donors (Lipinski definition) is 1. The Morgan fingerprint density at radius 2 is 2.23 bits per heavy atom. The summed E-state index contributed by atoms with van der Waals surface area (Å²) in [6.07, 6.45) is 4.78. The number of hydrogen-bond acceptors (Lipinski definition) is 3. The fourth-order valence-electron chi connectivity index (χ4n) is 2.07. The summed E-state index contributed by atoms with van der Waals surface area (Å²) < 4.78 is 5.24. The Hall–Kier alpha value is -0.830. The third kappa shape index (κ3) is 1.75. The van der Waals surface area contributed by atoms with Crippen LogP contribution in [0, 0.1) is 6.92 Å². The van der Waals surface area contributed by atoms with Crippen molar-refractivity contribution in [2.75, 3.05) is 0 Å². The number of aryl methyl sites for hydroxylation is 1. The second kappa shape index (κ2) is 3.50. The third-order valence-corrected chi connectivity index (χ3v) is 2.83. The molecule has 1 heterocycles. The van der Waals surface area contributed by atoms with Gasteiger partial charge in [-0.1, -0.05) is 18.0 Å². The van der Waals surface area contributed by atoms with E-state index in [4.69, 9.17) is 10.3 Å². The molecule has 1 aromatic rings. The van der Waals surface area contributed by atoms with Gasteiger partial charge in [0.2, 0.25) is 0 Å². The Labute approximate surface area is 78.3 Å². The van der Waals surface area contributed by atoms with Crippen molar-refractivity contribution in [2.24, 2.45) is 5.73 Å². The van der Waals surface area contributed by atoms with Crippen LogP contribution in [0.1, 0.15) is 43.1 Å². The SMILES string of the molecule is Cc1cc(C2CCCCC2N)on1. The van der Waals surface area contributed by atoms with Crippen molar-refractivity contribution in [1.29, 1.82) is 0 Å². The maximum absolute atomic E-state index is 6.03. The molecule has 0 saturated heterocycles. The monoisotopic (exact) mass is 180 g/mol. The molecular formula is C10H16N2O. The third-order valence-electron chi connectivity index (χ3n) is 2.83. The Bertz CT molecular complexity index is 282. The first-order chi connectivity index (χ1) is 6.27. The van der Waals surface area contributed by atoms with Gasteiger partial charge in [-0.15, -0.1) is 0 Å². The van der Waals surface area contributed by atoms with E-state index >= 15 is 0 Å². The molecule has 2 unspecified atom stereocenters. The molecule has 3 nitrogen and oxygen atoms in total. The second-order valence-corrected chi connectivity index (χ2v) is 3.93. The summed E-state index contributed by atoms with van der Waals surface area (Å²) in [7, 11) is 0. The molecule has 1 fully saturated rings. The van der Waals surface area contributed by atoms with E-state index in [9.17, 15) is 0 Å². The van der Waals surface area contributed by atoms with E-state index in [0.29, 0.717) is 5.92 Å². The van der Waals surface area contributed by atoms with E-state index < -0.39 is 0 Å². The Morgan fingerprint density at radius 3 is 2.85 bits per heavy atom. The second-order valence-electron chi connectivity index (χ2n) is 3.93. The number of nitrogens with two attached hydrogens (primary N) is 1. The first kappa shape index (κ1) is 8.75. The van der Waals surface area contributed by atoms with Crippen LogP contribution >= 0.6 is 0 Å². The highest BCUT2D eigenvalue weighted by atomic mass is 16.5. The number of aromatic nitrogens is 1. The molecule has 1 aromatic heterocycles. The Kier molecular flexibility index (Phi) is 2.36. The zero-order chi connectivity index (χ0) is 9.26. The van der Waals surface area contributed by atoms with Crippen molar-refractivity contribution in [2.45, 2.75) is 44.6 Å². The van der Waals surface area contributed by atoms with Crippen LogP contribution in [0.4, 0.5) is 0 Å². The molecular weight excluding hydrogens is 164 g/mol. The van der Waals surface area contributed by atoms with Crippen LogP contribution < -0.4 is 5.73 Å². The average Bonchev–Trinajstić information content (AvgIpc) is 2.53. The molecule has 72 valence electrons. The first-order valence-corrected chi connectivity index (χ1v) is 4.96. The van der Waals surface area contributed by atoms with E-state index in [1.165, 1.54) is 12.8 Å². The van der Waals surface area contributed by atoms with Crippen LogP contribution in [0.2, 0.25) is 0 Å². The van der Waals surface area contributed by atoms with Crippen molar-refractivity contribution in [3.63, 3.8) is 0 Å². The minimum atomic E-state index is 0.265. The van der Waals surface area contributed by atoms with E-state index in [-0.39, 0.29) is 6.04 Å². The van der Waals surface area contributed by atoms with Crippen molar-refractivity contribution < 1.29 is 4.52 Å². The standard InChI is InChI=1S/C10H16N2O/c1-7-6-10(13-12-7)8-4-2-3-5-9(8)11/h6,8-9H,2-5,11H2,1H3. The van der Waals surface area contributed by atoms with Crippen LogP contribution in [0.15, 0.2) is 10.6 Å². The summed E-state index contributed by atoms with van der Waals surface area (Å²) in [5, 5.41) is 3.90. The molecule has 1 saturated carbocycles. The molecule has 0 spiro atoms. The molecule has 13 heavy (non-hydrogen) atoms. The van der Waals surface area contributed by atoms with Gasteiger partial charge in [-0.25, -0.2) is 0 Å². The zero-order valence-corrected chi connectivity index (χ0v) is 7.99. The normalized spacial score (nSPS) is 29.1. The van der Waals surface area contributed by atoms with E-state index in [0.717, 1.165) is 24.3 Å². The molecule has 2 N–H and O–H groups in total. The van der Waals surface area contributed by atoms with Gasteiger partial charge < -0.3 is 10.3 Å². The molecule has 2 atom stereocenters. The van der Waals surface area contributed by atoms with Gasteiger partial charge in [-0.2, -0.15) is 0 Å². The topological polar surface area (TPSA) is 52.0 Å². The van der Waals surface area contributed by atoms with Gasteiger partial charge in [-0.3, -0.25) is 0 Å². The number of rotatable bonds is 1. The van der Waals surface area contributed by atoms with E-state index in [1.54, 1.807) is 0 Å². The van der Waals surface area contributed by atoms with Crippen molar-refractivity contribution in [1.82, 2.24) is 5.16 Å². The summed E-state index contributed by atoms with van der Waals surface area (Å²) in [4.78, 5) is 0. The molecule has 3 heteroatoms. The maximum Gasteiger partial charge on any atom is 0.141 e. The molecule has 1 aliphatic rings. The molecule has 0 amide bonds. The summed E-state index contributed by atoms with van der Waals surface area (Å²) in [6.45, 7) is 1.95. The largest absolute Gasteiger partial charge is 0.361 e. The van der Waals surface area contributed by atoms with Gasteiger partial charge in [0, 0.05) is 18.0 Å². The maximum atomic E-state index is 6.03. The minimum Gasteiger partial charge on any atom is -0.361 e. The zero-order valence-electron chi connectivity index (χ0n) is 7.99. The molecule has 2 rings (SSSR count). The summed E-state index contributed by atoms with van der Waals surface area (Å²) in [5.74, 6) is 1.37. The van der Waals surface area contributed by atoms with E-state index in [2.05, 4.69) is 5.16 Å².